The van der Waals surface area contributed by atoms with Gasteiger partial charge in [-0.15, -0.1) is 6.42 Å². The highest BCUT2D eigenvalue weighted by atomic mass is 16.5. The fourth-order valence-corrected chi connectivity index (χ4v) is 0.949. The third kappa shape index (κ3) is 1.07. The summed E-state index contributed by atoms with van der Waals surface area (Å²) in [6.07, 6.45) is 5.28. The summed E-state index contributed by atoms with van der Waals surface area (Å²) in [4.78, 5) is 0. The van der Waals surface area contributed by atoms with Gasteiger partial charge in [-0.25, -0.2) is 0 Å². The average molecular weight is 125 g/mol. The summed E-state index contributed by atoms with van der Waals surface area (Å²) in [6.45, 7) is 2.48. The Bertz CT molecular complexity index is 132. The highest BCUT2D eigenvalue weighted by Gasteiger charge is 2.34. The number of hydrogen-bond acceptors (Lipinski definition) is 2. The van der Waals surface area contributed by atoms with Crippen LogP contribution in [0.3, 0.4) is 0 Å². The number of methoxy groups -OCH3 is 1. The minimum Gasteiger partial charge on any atom is -0.383 e. The van der Waals surface area contributed by atoms with Crippen LogP contribution in [0.1, 0.15) is 0 Å². The van der Waals surface area contributed by atoms with E-state index >= 15 is 0 Å². The van der Waals surface area contributed by atoms with Crippen LogP contribution in [0.4, 0.5) is 0 Å². The van der Waals surface area contributed by atoms with Gasteiger partial charge < -0.3 is 10.1 Å². The van der Waals surface area contributed by atoms with Crippen molar-refractivity contribution >= 4 is 0 Å². The van der Waals surface area contributed by atoms with Crippen LogP contribution < -0.4 is 5.32 Å². The van der Waals surface area contributed by atoms with Crippen LogP contribution in [-0.2, 0) is 4.74 Å². The van der Waals surface area contributed by atoms with Crippen molar-refractivity contribution in [1.82, 2.24) is 5.32 Å². The fraction of sp³-hybridized carbons (Fsp3) is 0.714. The molecule has 0 radical (unpaired) electrons. The van der Waals surface area contributed by atoms with Crippen LogP contribution in [0.5, 0.6) is 0 Å². The summed E-state index contributed by atoms with van der Waals surface area (Å²) >= 11 is 0. The van der Waals surface area contributed by atoms with E-state index in [1.165, 1.54) is 0 Å². The summed E-state index contributed by atoms with van der Waals surface area (Å²) < 4.78 is 4.96. The molecule has 1 heterocycles. The zero-order valence-corrected chi connectivity index (χ0v) is 5.61. The molecule has 0 bridgehead atoms. The van der Waals surface area contributed by atoms with Gasteiger partial charge in [-0.05, 0) is 0 Å². The number of ether oxygens (including phenoxy) is 1. The molecule has 0 saturated carbocycles. The maximum atomic E-state index is 5.28. The van der Waals surface area contributed by atoms with Gasteiger partial charge in [-0.1, -0.05) is 5.92 Å². The first-order valence-electron chi connectivity index (χ1n) is 3.00. The predicted molar refractivity (Wildman–Crippen MR) is 36.0 cm³/mol. The molecular formula is C7H11NO. The predicted octanol–water partition coefficient (Wildman–Crippen LogP) is -0.144. The molecule has 0 atom stereocenters. The number of nitrogens with one attached hydrogen (secondary N) is 1. The van der Waals surface area contributed by atoms with Crippen LogP contribution in [0.15, 0.2) is 0 Å². The van der Waals surface area contributed by atoms with E-state index in [0.717, 1.165) is 13.1 Å². The molecule has 0 unspecified atom stereocenters. The number of hydrogen-bond donors (Lipinski definition) is 1. The topological polar surface area (TPSA) is 21.3 Å². The molecule has 2 heteroatoms. The molecule has 0 amide bonds. The summed E-state index contributed by atoms with van der Waals surface area (Å²) in [7, 11) is 1.68. The highest BCUT2D eigenvalue weighted by molar-refractivity contribution is 5.13. The van der Waals surface area contributed by atoms with Gasteiger partial charge in [-0.3, -0.25) is 0 Å². The molecule has 1 N–H and O–H groups in total. The van der Waals surface area contributed by atoms with E-state index in [1.807, 2.05) is 0 Å². The highest BCUT2D eigenvalue weighted by Crippen LogP contribution is 2.20. The van der Waals surface area contributed by atoms with Gasteiger partial charge >= 0.3 is 0 Å². The van der Waals surface area contributed by atoms with E-state index in [1.54, 1.807) is 7.11 Å². The van der Waals surface area contributed by atoms with E-state index in [2.05, 4.69) is 11.2 Å². The van der Waals surface area contributed by atoms with Gasteiger partial charge in [0.1, 0.15) is 0 Å². The minimum atomic E-state index is 0.00868. The summed E-state index contributed by atoms with van der Waals surface area (Å²) in [5.74, 6) is 2.73. The zero-order valence-electron chi connectivity index (χ0n) is 5.61. The Morgan fingerprint density at radius 1 is 1.78 bits per heavy atom. The van der Waals surface area contributed by atoms with Crippen molar-refractivity contribution in [3.8, 4) is 12.3 Å². The van der Waals surface area contributed by atoms with E-state index in [0.29, 0.717) is 6.61 Å². The molecule has 2 nitrogen and oxygen atoms in total. The molecule has 1 aliphatic heterocycles. The first kappa shape index (κ1) is 6.60. The molecule has 1 rings (SSSR count). The molecule has 9 heavy (non-hydrogen) atoms. The maximum absolute atomic E-state index is 5.28. The molecule has 1 aliphatic rings. The number of terminal acetylenes is 1. The largest absolute Gasteiger partial charge is 0.383 e. The van der Waals surface area contributed by atoms with Crippen molar-refractivity contribution in [3.05, 3.63) is 0 Å². The standard InChI is InChI=1S/C7H11NO/c1-3-7(6-9-2)4-8-5-7/h1,8H,4-6H2,2H3. The van der Waals surface area contributed by atoms with E-state index in [9.17, 15) is 0 Å². The van der Waals surface area contributed by atoms with Crippen molar-refractivity contribution in [2.75, 3.05) is 26.8 Å². The normalized spacial score (nSPS) is 22.2. The Hall–Kier alpha value is -0.520. The lowest BCUT2D eigenvalue weighted by molar-refractivity contribution is 0.0810. The molecular weight excluding hydrogens is 114 g/mol. The minimum absolute atomic E-state index is 0.00868. The van der Waals surface area contributed by atoms with Gasteiger partial charge in [0, 0.05) is 20.2 Å². The third-order valence-corrected chi connectivity index (χ3v) is 1.65. The van der Waals surface area contributed by atoms with Crippen LogP contribution in [-0.4, -0.2) is 26.8 Å². The van der Waals surface area contributed by atoms with E-state index in [4.69, 9.17) is 11.2 Å². The van der Waals surface area contributed by atoms with Gasteiger partial charge in [-0.2, -0.15) is 0 Å². The SMILES string of the molecule is C#CC1(COC)CNC1. The number of rotatable bonds is 2. The molecule has 1 saturated heterocycles. The van der Waals surface area contributed by atoms with Crippen LogP contribution >= 0.6 is 0 Å². The van der Waals surface area contributed by atoms with Gasteiger partial charge in [0.2, 0.25) is 0 Å². The fourth-order valence-electron chi connectivity index (χ4n) is 0.949. The Morgan fingerprint density at radius 2 is 2.44 bits per heavy atom. The molecule has 0 aromatic heterocycles. The second kappa shape index (κ2) is 2.38. The Kier molecular flexibility index (Phi) is 1.75. The van der Waals surface area contributed by atoms with Gasteiger partial charge in [0.05, 0.1) is 12.0 Å². The first-order chi connectivity index (χ1) is 4.33. The zero-order chi connectivity index (χ0) is 6.74. The van der Waals surface area contributed by atoms with Crippen molar-refractivity contribution in [1.29, 1.82) is 0 Å². The molecule has 50 valence electrons. The third-order valence-electron chi connectivity index (χ3n) is 1.65. The first-order valence-corrected chi connectivity index (χ1v) is 3.00. The molecule has 0 spiro atoms. The summed E-state index contributed by atoms with van der Waals surface area (Å²) in [5.41, 5.74) is 0.00868. The monoisotopic (exact) mass is 125 g/mol. The average Bonchev–Trinajstić information content (AvgIpc) is 1.79. The molecule has 1 fully saturated rings. The lowest BCUT2D eigenvalue weighted by Crippen LogP contribution is -2.55. The smallest absolute Gasteiger partial charge is 0.0792 e. The molecule has 0 aromatic carbocycles. The van der Waals surface area contributed by atoms with Gasteiger partial charge in [0.25, 0.3) is 0 Å². The second-order valence-corrected chi connectivity index (χ2v) is 2.46. The van der Waals surface area contributed by atoms with E-state index in [-0.39, 0.29) is 5.41 Å². The molecule has 0 aliphatic carbocycles. The Balaban J connectivity index is 2.40. The Labute approximate surface area is 55.6 Å². The summed E-state index contributed by atoms with van der Waals surface area (Å²) in [5, 5.41) is 3.12. The lowest BCUT2D eigenvalue weighted by Gasteiger charge is -2.37. The lowest BCUT2D eigenvalue weighted by atomic mass is 9.84. The summed E-state index contributed by atoms with van der Waals surface area (Å²) in [6, 6.07) is 0. The van der Waals surface area contributed by atoms with E-state index < -0.39 is 0 Å². The maximum Gasteiger partial charge on any atom is 0.0792 e. The Morgan fingerprint density at radius 3 is 2.56 bits per heavy atom. The van der Waals surface area contributed by atoms with Crippen molar-refractivity contribution in [3.63, 3.8) is 0 Å². The van der Waals surface area contributed by atoms with Crippen molar-refractivity contribution in [2.24, 2.45) is 5.41 Å². The molecule has 0 aromatic rings. The van der Waals surface area contributed by atoms with Crippen molar-refractivity contribution in [2.45, 2.75) is 0 Å². The van der Waals surface area contributed by atoms with Gasteiger partial charge in [0.15, 0.2) is 0 Å². The second-order valence-electron chi connectivity index (χ2n) is 2.46. The van der Waals surface area contributed by atoms with Crippen LogP contribution in [0, 0.1) is 17.8 Å². The van der Waals surface area contributed by atoms with Crippen molar-refractivity contribution < 1.29 is 4.74 Å². The quantitative estimate of drug-likeness (QED) is 0.518. The van der Waals surface area contributed by atoms with Crippen LogP contribution in [0.2, 0.25) is 0 Å². The van der Waals surface area contributed by atoms with Crippen LogP contribution in [0.25, 0.3) is 0 Å².